The summed E-state index contributed by atoms with van der Waals surface area (Å²) < 4.78 is 0. The number of carbonyl (C=O) groups is 1. The average molecular weight is 261 g/mol. The number of hydrogen-bond acceptors (Lipinski definition) is 2. The highest BCUT2D eigenvalue weighted by Crippen LogP contribution is 2.31. The summed E-state index contributed by atoms with van der Waals surface area (Å²) in [6.45, 7) is 8.39. The van der Waals surface area contributed by atoms with E-state index in [4.69, 9.17) is 0 Å². The molecule has 104 valence electrons. The van der Waals surface area contributed by atoms with E-state index in [2.05, 4.69) is 26.1 Å². The Hall–Kier alpha value is -1.77. The van der Waals surface area contributed by atoms with Crippen molar-refractivity contribution in [3.63, 3.8) is 0 Å². The van der Waals surface area contributed by atoms with Gasteiger partial charge in [0, 0.05) is 13.5 Å². The van der Waals surface area contributed by atoms with Gasteiger partial charge in [-0.2, -0.15) is 0 Å². The molecule has 0 aromatic heterocycles. The fourth-order valence-electron chi connectivity index (χ4n) is 1.81. The molecule has 1 aromatic carbocycles. The summed E-state index contributed by atoms with van der Waals surface area (Å²) in [5.74, 6) is 0.330. The molecular weight excluding hydrogens is 238 g/mol. The van der Waals surface area contributed by atoms with E-state index in [1.165, 1.54) is 6.92 Å². The van der Waals surface area contributed by atoms with E-state index in [1.54, 1.807) is 6.07 Å². The summed E-state index contributed by atoms with van der Waals surface area (Å²) in [6.07, 6.45) is 4.83. The molecule has 0 heterocycles. The number of amides is 1. The van der Waals surface area contributed by atoms with Gasteiger partial charge in [0.25, 0.3) is 0 Å². The number of carbonyl (C=O) groups excluding carboxylic acids is 1. The first-order valence-corrected chi connectivity index (χ1v) is 6.55. The summed E-state index contributed by atoms with van der Waals surface area (Å²) in [4.78, 5) is 10.7. The zero-order valence-electron chi connectivity index (χ0n) is 12.2. The minimum atomic E-state index is -0.0792. The van der Waals surface area contributed by atoms with Gasteiger partial charge in [-0.3, -0.25) is 4.79 Å². The average Bonchev–Trinajstić information content (AvgIpc) is 2.28. The standard InChI is InChI=1S/C16H23NO2/c1-12(18)17-10-6-5-7-13-8-9-15(19)14(11-13)16(2,3)4/h5,7-9,11,19H,6,10H2,1-4H3,(H,17,18). The number of phenols is 1. The van der Waals surface area contributed by atoms with Crippen LogP contribution in [-0.2, 0) is 10.2 Å². The van der Waals surface area contributed by atoms with Crippen LogP contribution in [-0.4, -0.2) is 17.6 Å². The lowest BCUT2D eigenvalue weighted by atomic mass is 9.85. The van der Waals surface area contributed by atoms with Crippen LogP contribution in [0, 0.1) is 0 Å². The van der Waals surface area contributed by atoms with Crippen molar-refractivity contribution in [2.24, 2.45) is 0 Å². The van der Waals surface area contributed by atoms with Crippen LogP contribution in [0.5, 0.6) is 5.75 Å². The maximum absolute atomic E-state index is 10.7. The third-order valence-electron chi connectivity index (χ3n) is 2.82. The van der Waals surface area contributed by atoms with Gasteiger partial charge in [-0.15, -0.1) is 0 Å². The Morgan fingerprint density at radius 3 is 2.63 bits per heavy atom. The maximum Gasteiger partial charge on any atom is 0.216 e. The second kappa shape index (κ2) is 6.41. The molecule has 3 nitrogen and oxygen atoms in total. The van der Waals surface area contributed by atoms with Crippen LogP contribution in [0.4, 0.5) is 0 Å². The smallest absolute Gasteiger partial charge is 0.216 e. The first-order valence-electron chi connectivity index (χ1n) is 6.55. The Bertz CT molecular complexity index is 470. The topological polar surface area (TPSA) is 49.3 Å². The Morgan fingerprint density at radius 1 is 1.37 bits per heavy atom. The molecule has 1 rings (SSSR count). The van der Waals surface area contributed by atoms with E-state index < -0.39 is 0 Å². The summed E-state index contributed by atoms with van der Waals surface area (Å²) in [5, 5.41) is 12.6. The molecule has 0 saturated carbocycles. The molecule has 0 aliphatic heterocycles. The van der Waals surface area contributed by atoms with E-state index in [1.807, 2.05) is 24.3 Å². The molecule has 0 spiro atoms. The number of benzene rings is 1. The number of phenolic OH excluding ortho intramolecular Hbond substituents is 1. The van der Waals surface area contributed by atoms with Crippen molar-refractivity contribution in [1.29, 1.82) is 0 Å². The number of rotatable bonds is 4. The number of nitrogens with one attached hydrogen (secondary N) is 1. The first-order chi connectivity index (χ1) is 8.80. The lowest BCUT2D eigenvalue weighted by molar-refractivity contribution is -0.118. The fourth-order valence-corrected chi connectivity index (χ4v) is 1.81. The van der Waals surface area contributed by atoms with Crippen molar-refractivity contribution in [3.8, 4) is 5.75 Å². The van der Waals surface area contributed by atoms with Gasteiger partial charge in [0.05, 0.1) is 0 Å². The largest absolute Gasteiger partial charge is 0.508 e. The monoisotopic (exact) mass is 261 g/mol. The summed E-state index contributed by atoms with van der Waals surface area (Å²) in [5.41, 5.74) is 1.92. The number of aromatic hydroxyl groups is 1. The van der Waals surface area contributed by atoms with Gasteiger partial charge in [0.15, 0.2) is 0 Å². The predicted octanol–water partition coefficient (Wildman–Crippen LogP) is 3.23. The summed E-state index contributed by atoms with van der Waals surface area (Å²) in [7, 11) is 0. The van der Waals surface area contributed by atoms with Gasteiger partial charge < -0.3 is 10.4 Å². The molecule has 0 unspecified atom stereocenters. The third kappa shape index (κ3) is 5.16. The van der Waals surface area contributed by atoms with Crippen LogP contribution in [0.3, 0.4) is 0 Å². The van der Waals surface area contributed by atoms with Crippen LogP contribution in [0.25, 0.3) is 6.08 Å². The van der Waals surface area contributed by atoms with E-state index in [0.29, 0.717) is 12.3 Å². The SMILES string of the molecule is CC(=O)NCCC=Cc1ccc(O)c(C(C)(C)C)c1. The Morgan fingerprint density at radius 2 is 2.05 bits per heavy atom. The highest BCUT2D eigenvalue weighted by molar-refractivity contribution is 5.72. The van der Waals surface area contributed by atoms with Crippen molar-refractivity contribution < 1.29 is 9.90 Å². The normalized spacial score (nSPS) is 11.8. The fraction of sp³-hybridized carbons (Fsp3) is 0.438. The van der Waals surface area contributed by atoms with E-state index in [-0.39, 0.29) is 11.3 Å². The zero-order chi connectivity index (χ0) is 14.5. The number of hydrogen-bond donors (Lipinski definition) is 2. The van der Waals surface area contributed by atoms with E-state index in [9.17, 15) is 9.90 Å². The van der Waals surface area contributed by atoms with Crippen LogP contribution in [0.2, 0.25) is 0 Å². The highest BCUT2D eigenvalue weighted by atomic mass is 16.3. The Labute approximate surface area is 115 Å². The van der Waals surface area contributed by atoms with Crippen LogP contribution >= 0.6 is 0 Å². The highest BCUT2D eigenvalue weighted by Gasteiger charge is 2.17. The first kappa shape index (κ1) is 15.3. The van der Waals surface area contributed by atoms with Gasteiger partial charge in [0.2, 0.25) is 5.91 Å². The zero-order valence-corrected chi connectivity index (χ0v) is 12.2. The molecule has 0 fully saturated rings. The van der Waals surface area contributed by atoms with Crippen molar-refractivity contribution in [3.05, 3.63) is 35.4 Å². The molecule has 0 bridgehead atoms. The molecule has 0 aliphatic rings. The summed E-state index contributed by atoms with van der Waals surface area (Å²) in [6, 6.07) is 5.62. The van der Waals surface area contributed by atoms with Crippen molar-refractivity contribution in [2.75, 3.05) is 6.54 Å². The van der Waals surface area contributed by atoms with Crippen LogP contribution in [0.15, 0.2) is 24.3 Å². The molecule has 1 amide bonds. The van der Waals surface area contributed by atoms with Gasteiger partial charge in [-0.25, -0.2) is 0 Å². The Kier molecular flexibility index (Phi) is 5.16. The molecule has 1 aromatic rings. The molecule has 0 atom stereocenters. The van der Waals surface area contributed by atoms with Crippen molar-refractivity contribution in [1.82, 2.24) is 5.32 Å². The van der Waals surface area contributed by atoms with Crippen molar-refractivity contribution >= 4 is 12.0 Å². The molecule has 19 heavy (non-hydrogen) atoms. The second-order valence-electron chi connectivity index (χ2n) is 5.70. The Balaban J connectivity index is 2.70. The minimum Gasteiger partial charge on any atom is -0.508 e. The van der Waals surface area contributed by atoms with Crippen LogP contribution in [0.1, 0.15) is 45.2 Å². The molecular formula is C16H23NO2. The van der Waals surface area contributed by atoms with E-state index >= 15 is 0 Å². The van der Waals surface area contributed by atoms with E-state index in [0.717, 1.165) is 17.5 Å². The van der Waals surface area contributed by atoms with Crippen LogP contribution < -0.4 is 5.32 Å². The molecule has 0 radical (unpaired) electrons. The summed E-state index contributed by atoms with van der Waals surface area (Å²) >= 11 is 0. The van der Waals surface area contributed by atoms with Gasteiger partial charge >= 0.3 is 0 Å². The lowest BCUT2D eigenvalue weighted by Crippen LogP contribution is -2.20. The minimum absolute atomic E-state index is 0.00643. The second-order valence-corrected chi connectivity index (χ2v) is 5.70. The quantitative estimate of drug-likeness (QED) is 0.817. The van der Waals surface area contributed by atoms with Crippen molar-refractivity contribution in [2.45, 2.75) is 39.5 Å². The lowest BCUT2D eigenvalue weighted by Gasteiger charge is -2.20. The van der Waals surface area contributed by atoms with Gasteiger partial charge in [0.1, 0.15) is 5.75 Å². The van der Waals surface area contributed by atoms with Gasteiger partial charge in [-0.1, -0.05) is 39.0 Å². The molecule has 3 heteroatoms. The maximum atomic E-state index is 10.7. The molecule has 2 N–H and O–H groups in total. The molecule has 0 saturated heterocycles. The predicted molar refractivity (Wildman–Crippen MR) is 79.1 cm³/mol. The van der Waals surface area contributed by atoms with Gasteiger partial charge in [-0.05, 0) is 35.1 Å². The molecule has 0 aliphatic carbocycles. The third-order valence-corrected chi connectivity index (χ3v) is 2.82.